The fourth-order valence-electron chi connectivity index (χ4n) is 0.0345. The molecule has 0 fully saturated rings. The molecule has 0 amide bonds. The summed E-state index contributed by atoms with van der Waals surface area (Å²) in [6.07, 6.45) is 0. The standard InChI is InChI=1S/C3H4ClFO/c4-1-3(5)2-6/h1,6H,2H2/b3-1+. The number of hydrogen-bond donors (Lipinski definition) is 1. The van der Waals surface area contributed by atoms with Gasteiger partial charge in [-0.1, -0.05) is 11.6 Å². The second-order valence-electron chi connectivity index (χ2n) is 0.714. The Morgan fingerprint density at radius 2 is 2.50 bits per heavy atom. The van der Waals surface area contributed by atoms with E-state index in [4.69, 9.17) is 16.7 Å². The van der Waals surface area contributed by atoms with Gasteiger partial charge >= 0.3 is 0 Å². The summed E-state index contributed by atoms with van der Waals surface area (Å²) in [5.74, 6) is -0.711. The first-order chi connectivity index (χ1) is 2.81. The molecule has 0 aromatic carbocycles. The molecule has 0 aliphatic rings. The maximum absolute atomic E-state index is 11.3. The van der Waals surface area contributed by atoms with Crippen molar-refractivity contribution in [3.8, 4) is 0 Å². The Morgan fingerprint density at radius 1 is 2.00 bits per heavy atom. The highest BCUT2D eigenvalue weighted by atomic mass is 35.5. The quantitative estimate of drug-likeness (QED) is 0.535. The van der Waals surface area contributed by atoms with Crippen molar-refractivity contribution in [1.29, 1.82) is 0 Å². The van der Waals surface area contributed by atoms with E-state index >= 15 is 0 Å². The van der Waals surface area contributed by atoms with Crippen molar-refractivity contribution in [1.82, 2.24) is 0 Å². The smallest absolute Gasteiger partial charge is 0.137 e. The van der Waals surface area contributed by atoms with Crippen LogP contribution in [0.2, 0.25) is 0 Å². The largest absolute Gasteiger partial charge is 0.389 e. The molecular weight excluding hydrogens is 106 g/mol. The number of rotatable bonds is 1. The molecule has 0 bridgehead atoms. The van der Waals surface area contributed by atoms with E-state index in [1.54, 1.807) is 0 Å². The molecule has 3 heteroatoms. The summed E-state index contributed by atoms with van der Waals surface area (Å²) < 4.78 is 11.3. The zero-order valence-electron chi connectivity index (χ0n) is 2.99. The molecule has 0 saturated heterocycles. The van der Waals surface area contributed by atoms with Gasteiger partial charge in [-0.25, -0.2) is 4.39 Å². The van der Waals surface area contributed by atoms with Gasteiger partial charge in [-0.2, -0.15) is 0 Å². The van der Waals surface area contributed by atoms with Crippen molar-refractivity contribution in [3.63, 3.8) is 0 Å². The SMILES string of the molecule is OC/C(F)=C\Cl. The third-order valence-electron chi connectivity index (χ3n) is 0.269. The monoisotopic (exact) mass is 110 g/mol. The minimum Gasteiger partial charge on any atom is -0.389 e. The molecule has 0 radical (unpaired) electrons. The minimum absolute atomic E-state index is 0.608. The average molecular weight is 111 g/mol. The lowest BCUT2D eigenvalue weighted by molar-refractivity contribution is 0.299. The van der Waals surface area contributed by atoms with Crippen LogP contribution in [0.4, 0.5) is 4.39 Å². The molecule has 1 nitrogen and oxygen atoms in total. The van der Waals surface area contributed by atoms with Crippen molar-refractivity contribution in [2.45, 2.75) is 0 Å². The van der Waals surface area contributed by atoms with Crippen LogP contribution in [-0.4, -0.2) is 11.7 Å². The lowest BCUT2D eigenvalue weighted by Crippen LogP contribution is -1.76. The first-order valence-electron chi connectivity index (χ1n) is 1.37. The molecular formula is C3H4ClFO. The zero-order valence-corrected chi connectivity index (χ0v) is 3.74. The third kappa shape index (κ3) is 2.18. The van der Waals surface area contributed by atoms with Gasteiger partial charge in [0.2, 0.25) is 0 Å². The normalized spacial score (nSPS) is 12.2. The van der Waals surface area contributed by atoms with Crippen molar-refractivity contribution < 1.29 is 9.50 Å². The Hall–Kier alpha value is -0.0800. The second-order valence-corrected chi connectivity index (χ2v) is 0.932. The van der Waals surface area contributed by atoms with E-state index < -0.39 is 12.4 Å². The van der Waals surface area contributed by atoms with Gasteiger partial charge in [-0.3, -0.25) is 0 Å². The molecule has 0 aliphatic heterocycles. The first kappa shape index (κ1) is 5.92. The van der Waals surface area contributed by atoms with Gasteiger partial charge < -0.3 is 5.11 Å². The van der Waals surface area contributed by atoms with Crippen molar-refractivity contribution in [3.05, 3.63) is 11.4 Å². The molecule has 0 atom stereocenters. The third-order valence-corrected chi connectivity index (χ3v) is 0.506. The summed E-state index contributed by atoms with van der Waals surface area (Å²) >= 11 is 4.76. The Bertz CT molecular complexity index is 61.8. The molecule has 36 valence electrons. The first-order valence-corrected chi connectivity index (χ1v) is 1.80. The van der Waals surface area contributed by atoms with Crippen LogP contribution >= 0.6 is 11.6 Å². The van der Waals surface area contributed by atoms with Crippen LogP contribution in [0.3, 0.4) is 0 Å². The Morgan fingerprint density at radius 3 is 2.50 bits per heavy atom. The van der Waals surface area contributed by atoms with E-state index in [-0.39, 0.29) is 0 Å². The van der Waals surface area contributed by atoms with Crippen molar-refractivity contribution in [2.24, 2.45) is 0 Å². The molecule has 0 saturated carbocycles. The highest BCUT2D eigenvalue weighted by Crippen LogP contribution is 1.93. The fraction of sp³-hybridized carbons (Fsp3) is 0.333. The molecule has 0 unspecified atom stereocenters. The van der Waals surface area contributed by atoms with Crippen LogP contribution in [0.25, 0.3) is 0 Å². The van der Waals surface area contributed by atoms with Crippen molar-refractivity contribution in [2.75, 3.05) is 6.61 Å². The maximum atomic E-state index is 11.3. The number of hydrogen-bond acceptors (Lipinski definition) is 1. The molecule has 1 N–H and O–H groups in total. The average Bonchev–Trinajstić information content (AvgIpc) is 1.65. The highest BCUT2D eigenvalue weighted by molar-refractivity contribution is 6.25. The molecule has 0 rings (SSSR count). The minimum atomic E-state index is -0.711. The Labute approximate surface area is 40.0 Å². The summed E-state index contributed by atoms with van der Waals surface area (Å²) in [5, 5.41) is 7.81. The van der Waals surface area contributed by atoms with E-state index in [0.29, 0.717) is 5.54 Å². The van der Waals surface area contributed by atoms with Crippen LogP contribution < -0.4 is 0 Å². The molecule has 0 aromatic heterocycles. The topological polar surface area (TPSA) is 20.2 Å². The van der Waals surface area contributed by atoms with E-state index in [1.807, 2.05) is 0 Å². The fourth-order valence-corrected chi connectivity index (χ4v) is 0.104. The van der Waals surface area contributed by atoms with E-state index in [2.05, 4.69) is 0 Å². The molecule has 0 aliphatic carbocycles. The summed E-state index contributed by atoms with van der Waals surface area (Å²) in [6.45, 7) is -0.608. The van der Waals surface area contributed by atoms with Gasteiger partial charge in [0.25, 0.3) is 0 Å². The summed E-state index contributed by atoms with van der Waals surface area (Å²) in [7, 11) is 0. The van der Waals surface area contributed by atoms with Gasteiger partial charge in [0.05, 0.1) is 6.61 Å². The molecule has 0 spiro atoms. The molecule has 0 aromatic rings. The summed E-state index contributed by atoms with van der Waals surface area (Å²) in [6, 6.07) is 0. The van der Waals surface area contributed by atoms with Crippen LogP contribution in [0.1, 0.15) is 0 Å². The number of aliphatic hydroxyl groups excluding tert-OH is 1. The van der Waals surface area contributed by atoms with E-state index in [0.717, 1.165) is 0 Å². The van der Waals surface area contributed by atoms with Gasteiger partial charge in [-0.05, 0) is 0 Å². The predicted molar refractivity (Wildman–Crippen MR) is 22.1 cm³/mol. The molecule has 0 heterocycles. The predicted octanol–water partition coefficient (Wildman–Crippen LogP) is 1.03. The molecule has 6 heavy (non-hydrogen) atoms. The second kappa shape index (κ2) is 3.12. The van der Waals surface area contributed by atoms with Crippen molar-refractivity contribution >= 4 is 11.6 Å². The summed E-state index contributed by atoms with van der Waals surface area (Å²) in [5.41, 5.74) is 0.694. The zero-order chi connectivity index (χ0) is 4.99. The highest BCUT2D eigenvalue weighted by Gasteiger charge is 1.82. The van der Waals surface area contributed by atoms with Crippen LogP contribution in [0.5, 0.6) is 0 Å². The lowest BCUT2D eigenvalue weighted by atomic mass is 10.7. The Kier molecular flexibility index (Phi) is 3.08. The van der Waals surface area contributed by atoms with Gasteiger partial charge in [-0.15, -0.1) is 0 Å². The lowest BCUT2D eigenvalue weighted by Gasteiger charge is -1.78. The van der Waals surface area contributed by atoms with E-state index in [9.17, 15) is 4.39 Å². The Balaban J connectivity index is 3.22. The number of halogens is 2. The van der Waals surface area contributed by atoms with Crippen LogP contribution in [0, 0.1) is 0 Å². The van der Waals surface area contributed by atoms with Gasteiger partial charge in [0.1, 0.15) is 5.83 Å². The maximum Gasteiger partial charge on any atom is 0.137 e. The number of aliphatic hydroxyl groups is 1. The van der Waals surface area contributed by atoms with E-state index in [1.165, 1.54) is 0 Å². The van der Waals surface area contributed by atoms with Crippen LogP contribution in [-0.2, 0) is 0 Å². The van der Waals surface area contributed by atoms with Gasteiger partial charge in [0, 0.05) is 5.54 Å². The summed E-state index contributed by atoms with van der Waals surface area (Å²) in [4.78, 5) is 0. The van der Waals surface area contributed by atoms with Crippen LogP contribution in [0.15, 0.2) is 11.4 Å². The van der Waals surface area contributed by atoms with Gasteiger partial charge in [0.15, 0.2) is 0 Å².